The number of nitrogens with zero attached hydrogens (tertiary/aromatic N) is 1. The molecule has 32 N–H and O–H groups in total. The molecule has 0 fully saturated rings. The summed E-state index contributed by atoms with van der Waals surface area (Å²) in [6.07, 6.45) is 3.34. The lowest BCUT2D eigenvalue weighted by Gasteiger charge is -2.28. The fourth-order valence-electron chi connectivity index (χ4n) is 10.7. The van der Waals surface area contributed by atoms with Crippen LogP contribution in [0.2, 0.25) is 0 Å². The molecule has 0 unspecified atom stereocenters. The van der Waals surface area contributed by atoms with Gasteiger partial charge in [0.2, 0.25) is 88.6 Å². The second kappa shape index (κ2) is 51.1. The van der Waals surface area contributed by atoms with Crippen LogP contribution in [-0.4, -0.2) is 289 Å². The zero-order chi connectivity index (χ0) is 86.9. The number of unbranched alkanes of at least 4 members (excludes halogenated alkanes) is 1. The number of carboxylic acids is 1. The van der Waals surface area contributed by atoms with Gasteiger partial charge in [0.25, 0.3) is 0 Å². The van der Waals surface area contributed by atoms with Gasteiger partial charge < -0.3 is 143 Å². The Balaban J connectivity index is 1.72. The Kier molecular flexibility index (Phi) is 43.3. The molecule has 2 aromatic carbocycles. The van der Waals surface area contributed by atoms with Crippen molar-refractivity contribution in [2.24, 2.45) is 28.9 Å². The van der Waals surface area contributed by atoms with E-state index in [1.807, 2.05) is 0 Å². The summed E-state index contributed by atoms with van der Waals surface area (Å²) in [5.74, 6) is -18.8. The summed E-state index contributed by atoms with van der Waals surface area (Å²) in [7, 11) is 0. The molecule has 0 aliphatic carbocycles. The van der Waals surface area contributed by atoms with E-state index in [2.05, 4.69) is 89.7 Å². The summed E-state index contributed by atoms with van der Waals surface area (Å²) in [4.78, 5) is 223. The molecule has 14 atom stereocenters. The Morgan fingerprint density at radius 1 is 0.466 bits per heavy atom. The number of hydrogen-bond donors (Lipinski definition) is 28. The van der Waals surface area contributed by atoms with E-state index in [4.69, 9.17) is 28.3 Å². The molecule has 0 saturated heterocycles. The standard InChI is InChI=1S/C70H108N22O23S/c1-34(2)55(92-67(112)52(32-96)90-60(105)43(10-6-7-20-71)83-66(111)51(31-95)89-56(101)35(3)80-58(103)42(72)9-8-21-77-70(74)75)68(113)91-50(30-94)65(110)81-36(4)57(102)88-49(29-93)59(104)78-28-54(100)82-45(23-37-11-15-40(97)16-12-37)62(107)86-47(26-53(73)99)64(109)85-46(24-38-13-17-41(98)18-14-38)63(108)84-44(19-22-116-5)61(106)87-48(69(114)115)25-39-27-76-33-79-39/h11-18,27,33-36,42-52,55,93-98H,6-10,19-26,28-32,71-72H2,1-5H3,(H2,73,99)(H,76,79)(H,78,104)(H,80,103)(H,81,110)(H,82,100)(H,83,111)(H,84,108)(H,85,109)(H,86,107)(H,87,106)(H,88,102)(H,89,101)(H,90,105)(H,91,113)(H,92,112)(H,114,115)(H4,74,75,77)/t35-,36-,42-,43-,44-,45-,46-,47-,48-,49-,50-,51-,52-,55-/m0/s1. The van der Waals surface area contributed by atoms with Crippen molar-refractivity contribution in [2.45, 2.75) is 176 Å². The highest BCUT2D eigenvalue weighted by molar-refractivity contribution is 7.98. The second-order valence-corrected chi connectivity index (χ2v) is 28.0. The minimum Gasteiger partial charge on any atom is -0.508 e. The Hall–Kier alpha value is -11.8. The molecule has 0 bridgehead atoms. The molecule has 1 heterocycles. The first-order valence-corrected chi connectivity index (χ1v) is 38.0. The number of carbonyl (C=O) groups is 16. The zero-order valence-corrected chi connectivity index (χ0v) is 65.3. The van der Waals surface area contributed by atoms with Gasteiger partial charge in [-0.05, 0) is 112 Å². The average molecular weight is 1660 g/mol. The van der Waals surface area contributed by atoms with Crippen molar-refractivity contribution < 1.29 is 112 Å². The number of aromatic nitrogens is 2. The molecule has 46 heteroatoms. The maximum Gasteiger partial charge on any atom is 0.326 e. The monoisotopic (exact) mass is 1660 g/mol. The molecular weight excluding hydrogens is 1550 g/mol. The van der Waals surface area contributed by atoms with E-state index in [1.54, 1.807) is 6.26 Å². The predicted molar refractivity (Wildman–Crippen MR) is 413 cm³/mol. The third kappa shape index (κ3) is 35.3. The highest BCUT2D eigenvalue weighted by Gasteiger charge is 2.38. The lowest BCUT2D eigenvalue weighted by Crippen LogP contribution is -2.62. The number of carboxylic acid groups (broad SMARTS) is 1. The molecule has 0 radical (unpaired) electrons. The molecule has 0 saturated carbocycles. The maximum atomic E-state index is 14.3. The van der Waals surface area contributed by atoms with Crippen LogP contribution in [0, 0.1) is 11.3 Å². The third-order valence-corrected chi connectivity index (χ3v) is 17.9. The van der Waals surface area contributed by atoms with Crippen molar-refractivity contribution >= 4 is 112 Å². The van der Waals surface area contributed by atoms with Crippen LogP contribution < -0.4 is 103 Å². The van der Waals surface area contributed by atoms with Crippen molar-refractivity contribution in [3.63, 3.8) is 0 Å². The first-order chi connectivity index (χ1) is 54.9. The Morgan fingerprint density at radius 3 is 1.34 bits per heavy atom. The number of H-pyrrole nitrogens is 1. The maximum absolute atomic E-state index is 14.3. The van der Waals surface area contributed by atoms with Gasteiger partial charge in [-0.1, -0.05) is 38.1 Å². The number of phenolic OH excluding ortho intramolecular Hbond substituents is 2. The van der Waals surface area contributed by atoms with Gasteiger partial charge in [-0.15, -0.1) is 0 Å². The number of benzene rings is 2. The minimum atomic E-state index is -1.91. The molecule has 1 aromatic heterocycles. The van der Waals surface area contributed by atoms with Crippen LogP contribution in [0.15, 0.2) is 61.1 Å². The number of aromatic hydroxyl groups is 2. The topological polar surface area (TPSA) is 752 Å². The van der Waals surface area contributed by atoms with Gasteiger partial charge in [0.15, 0.2) is 5.96 Å². The molecule has 116 heavy (non-hydrogen) atoms. The molecule has 0 aliphatic heterocycles. The van der Waals surface area contributed by atoms with Crippen molar-refractivity contribution in [3.05, 3.63) is 77.9 Å². The summed E-state index contributed by atoms with van der Waals surface area (Å²) in [5, 5.41) is 113. The number of phenols is 2. The first-order valence-electron chi connectivity index (χ1n) is 36.6. The summed E-state index contributed by atoms with van der Waals surface area (Å²) in [5.41, 5.74) is 23.3. The lowest BCUT2D eigenvalue weighted by molar-refractivity contribution is -0.142. The molecule has 642 valence electrons. The fourth-order valence-corrected chi connectivity index (χ4v) is 11.1. The Labute approximate surface area is 670 Å². The molecule has 45 nitrogen and oxygen atoms in total. The van der Waals surface area contributed by atoms with Crippen molar-refractivity contribution in [1.82, 2.24) is 89.7 Å². The van der Waals surface area contributed by atoms with Crippen LogP contribution in [0.5, 0.6) is 11.5 Å². The number of amides is 15. The summed E-state index contributed by atoms with van der Waals surface area (Å²) < 4.78 is 0. The van der Waals surface area contributed by atoms with Gasteiger partial charge >= 0.3 is 5.97 Å². The number of aliphatic hydroxyl groups is 4. The number of primary amides is 1. The zero-order valence-electron chi connectivity index (χ0n) is 64.5. The second-order valence-electron chi connectivity index (χ2n) is 27.0. The van der Waals surface area contributed by atoms with Crippen molar-refractivity contribution in [1.29, 1.82) is 5.41 Å². The highest BCUT2D eigenvalue weighted by atomic mass is 32.2. The Bertz CT molecular complexity index is 3810. The average Bonchev–Trinajstić information content (AvgIpc) is 1.04. The smallest absolute Gasteiger partial charge is 0.326 e. The molecule has 3 aromatic rings. The van der Waals surface area contributed by atoms with E-state index in [0.717, 1.165) is 6.92 Å². The van der Waals surface area contributed by atoms with Gasteiger partial charge in [-0.25, -0.2) is 9.78 Å². The van der Waals surface area contributed by atoms with Crippen LogP contribution in [0.1, 0.15) is 89.5 Å². The number of guanidine groups is 1. The molecule has 0 spiro atoms. The van der Waals surface area contributed by atoms with Crippen molar-refractivity contribution in [3.8, 4) is 11.5 Å². The predicted octanol–water partition coefficient (Wildman–Crippen LogP) is -10.6. The van der Waals surface area contributed by atoms with Crippen LogP contribution >= 0.6 is 11.8 Å². The van der Waals surface area contributed by atoms with E-state index in [-0.39, 0.29) is 80.4 Å². The minimum absolute atomic E-state index is 0.0412. The normalized spacial score (nSPS) is 14.7. The molecule has 0 aliphatic rings. The van der Waals surface area contributed by atoms with Crippen molar-refractivity contribution in [2.75, 3.05) is 58.1 Å². The number of thioether (sulfide) groups is 1. The number of aromatic amines is 1. The summed E-state index contributed by atoms with van der Waals surface area (Å²) in [6.45, 7) is 0.320. The number of nitrogens with two attached hydrogens (primary N) is 4. The Morgan fingerprint density at radius 2 is 0.879 bits per heavy atom. The number of hydrogen-bond acceptors (Lipinski definition) is 27. The summed E-state index contributed by atoms with van der Waals surface area (Å²) >= 11 is 1.29. The molecular formula is C70H108N22O23S. The number of rotatable bonds is 53. The van der Waals surface area contributed by atoms with Crippen LogP contribution in [0.4, 0.5) is 0 Å². The van der Waals surface area contributed by atoms with Crippen LogP contribution in [0.3, 0.4) is 0 Å². The fraction of sp³-hybridized carbons (Fsp3) is 0.543. The number of carbonyl (C=O) groups excluding carboxylic acids is 15. The van der Waals surface area contributed by atoms with E-state index in [0.29, 0.717) is 24.1 Å². The van der Waals surface area contributed by atoms with E-state index in [1.165, 1.54) is 93.6 Å². The van der Waals surface area contributed by atoms with E-state index < -0.39 is 231 Å². The molecule has 15 amide bonds. The van der Waals surface area contributed by atoms with E-state index in [9.17, 15) is 112 Å². The first kappa shape index (κ1) is 98.3. The lowest BCUT2D eigenvalue weighted by atomic mass is 10.0. The van der Waals surface area contributed by atoms with Gasteiger partial charge in [0.05, 0.1) is 51.8 Å². The van der Waals surface area contributed by atoms with Gasteiger partial charge in [0.1, 0.15) is 90.0 Å². The number of nitrogens with one attached hydrogen (secondary N) is 17. The quantitative estimate of drug-likeness (QED) is 0.0142. The number of aliphatic carboxylic acids is 1. The number of imidazole rings is 1. The molecule has 3 rings (SSSR count). The van der Waals surface area contributed by atoms with Gasteiger partial charge in [-0.2, -0.15) is 11.8 Å². The van der Waals surface area contributed by atoms with Gasteiger partial charge in [0, 0.05) is 37.7 Å². The van der Waals surface area contributed by atoms with Gasteiger partial charge in [-0.3, -0.25) is 77.3 Å². The SMILES string of the molecule is CSCC[C@H](NC(=O)[C@H](Cc1ccc(O)cc1)NC(=O)[C@H](CC(N)=O)NC(=O)[C@H](Cc1ccc(O)cc1)NC(=O)CNC(=O)[C@H](CO)NC(=O)[C@H](C)NC(=O)[C@H](CO)NC(=O)[C@@H](NC(=O)[C@H](CO)NC(=O)[C@H](CCCCN)NC(=O)[C@H](CO)NC(=O)[C@H](C)NC(=O)[C@@H](N)CCCNC(=N)N)C(C)C)C(=O)N[C@@H](Cc1cnc[nH]1)C(=O)O. The third-order valence-electron chi connectivity index (χ3n) is 17.3. The van der Waals surface area contributed by atoms with E-state index >= 15 is 0 Å². The van der Waals surface area contributed by atoms with Crippen LogP contribution in [-0.2, 0) is 96.0 Å². The van der Waals surface area contributed by atoms with Crippen LogP contribution in [0.25, 0.3) is 0 Å². The number of aliphatic hydroxyl groups excluding tert-OH is 4. The summed E-state index contributed by atoms with van der Waals surface area (Å²) in [6, 6.07) is -11.9. The highest BCUT2D eigenvalue weighted by Crippen LogP contribution is 2.16. The largest absolute Gasteiger partial charge is 0.508 e.